The van der Waals surface area contributed by atoms with Crippen molar-refractivity contribution in [3.05, 3.63) is 141 Å². The molecule has 4 aromatic carbocycles. The standard InChI is InChI=1S/C47H45BN6O/c1-26(2)32-13-11-14-33(27(3)4)43(32)53-41(22-21-37-42(30(24-49)25-50)36-20-19-31(48)23-38(36)45(37)55)54(44-34(28(5)6)15-12-16-35(44)29(7)8)47-46(53)51-39-17-9-10-18-40(39)52-47/h9-23,26-29H,48H2,1-8H3/b37-21+. The molecule has 7 rings (SSSR count). The second-order valence-electron chi connectivity index (χ2n) is 15.7. The van der Waals surface area contributed by atoms with Gasteiger partial charge in [0.05, 0.1) is 22.4 Å². The largest absolute Gasteiger partial charge is 0.289 e. The van der Waals surface area contributed by atoms with Gasteiger partial charge in [0.1, 0.15) is 31.4 Å². The van der Waals surface area contributed by atoms with E-state index in [0.29, 0.717) is 33.9 Å². The number of allylic oxidation sites excluding steroid dienone is 5. The Kier molecular flexibility index (Phi) is 9.80. The van der Waals surface area contributed by atoms with Crippen LogP contribution in [-0.4, -0.2) is 23.6 Å². The topological polar surface area (TPSA) is 96.9 Å². The van der Waals surface area contributed by atoms with Crippen LogP contribution < -0.4 is 15.3 Å². The summed E-state index contributed by atoms with van der Waals surface area (Å²) in [4.78, 5) is 29.6. The lowest BCUT2D eigenvalue weighted by Crippen LogP contribution is -2.26. The molecule has 0 spiro atoms. The van der Waals surface area contributed by atoms with E-state index in [-0.39, 0.29) is 35.0 Å². The van der Waals surface area contributed by atoms with Crippen molar-refractivity contribution in [2.24, 2.45) is 0 Å². The van der Waals surface area contributed by atoms with E-state index in [4.69, 9.17) is 9.97 Å². The van der Waals surface area contributed by atoms with E-state index >= 15 is 0 Å². The number of fused-ring (bicyclic) bond motifs is 3. The SMILES string of the molecule is Bc1ccc2c(c1)C(=O)/C(=C/C=C1N(c3c(C(C)C)cccc3C(C)C)c3nc4ccccc4nc3N1c1c(C(C)C)cccc1C(C)C)C2=C(C#N)C#N. The van der Waals surface area contributed by atoms with Gasteiger partial charge in [-0.3, -0.25) is 14.6 Å². The third-order valence-corrected chi connectivity index (χ3v) is 10.6. The molecule has 2 heterocycles. The van der Waals surface area contributed by atoms with Gasteiger partial charge in [0.2, 0.25) is 0 Å². The predicted molar refractivity (Wildman–Crippen MR) is 226 cm³/mol. The quantitative estimate of drug-likeness (QED) is 0.0938. The number of para-hydroxylation sites is 4. The maximum atomic E-state index is 14.4. The fraction of sp³-hybridized carbons (Fsp3) is 0.255. The summed E-state index contributed by atoms with van der Waals surface area (Å²) in [6.07, 6.45) is 3.76. The van der Waals surface area contributed by atoms with Crippen LogP contribution in [0.2, 0.25) is 0 Å². The zero-order valence-electron chi connectivity index (χ0n) is 33.1. The van der Waals surface area contributed by atoms with Crippen LogP contribution in [0.25, 0.3) is 16.6 Å². The molecule has 272 valence electrons. The highest BCUT2D eigenvalue weighted by Gasteiger charge is 2.41. The number of anilines is 4. The number of Topliss-reactive ketones (excluding diaryl/α,β-unsaturated/α-hetero) is 1. The van der Waals surface area contributed by atoms with Crippen LogP contribution in [0.5, 0.6) is 0 Å². The molecule has 8 heteroatoms. The zero-order chi connectivity index (χ0) is 39.3. The average Bonchev–Trinajstić information content (AvgIpc) is 3.61. The Balaban J connectivity index is 1.66. The highest BCUT2D eigenvalue weighted by atomic mass is 16.1. The van der Waals surface area contributed by atoms with E-state index < -0.39 is 0 Å². The van der Waals surface area contributed by atoms with Crippen LogP contribution in [-0.2, 0) is 0 Å². The number of ketones is 1. The van der Waals surface area contributed by atoms with Gasteiger partial charge in [0.25, 0.3) is 0 Å². The number of benzene rings is 4. The molecule has 7 nitrogen and oxygen atoms in total. The summed E-state index contributed by atoms with van der Waals surface area (Å²) in [6, 6.07) is 30.7. The number of hydrogen-bond donors (Lipinski definition) is 0. The molecule has 1 aromatic heterocycles. The Bertz CT molecular complexity index is 2400. The molecule has 1 aliphatic heterocycles. The Morgan fingerprint density at radius 3 is 1.51 bits per heavy atom. The molecule has 0 unspecified atom stereocenters. The van der Waals surface area contributed by atoms with E-state index in [1.807, 2.05) is 56.4 Å². The summed E-state index contributed by atoms with van der Waals surface area (Å²) >= 11 is 0. The summed E-state index contributed by atoms with van der Waals surface area (Å²) in [5.41, 5.74) is 10.8. The van der Waals surface area contributed by atoms with E-state index in [0.717, 1.165) is 55.9 Å². The predicted octanol–water partition coefficient (Wildman–Crippen LogP) is 10.1. The normalized spacial score (nSPS) is 14.4. The Labute approximate surface area is 325 Å². The zero-order valence-corrected chi connectivity index (χ0v) is 33.1. The lowest BCUT2D eigenvalue weighted by molar-refractivity contribution is 0.104. The van der Waals surface area contributed by atoms with Crippen molar-refractivity contribution >= 4 is 58.7 Å². The van der Waals surface area contributed by atoms with Gasteiger partial charge >= 0.3 is 0 Å². The van der Waals surface area contributed by atoms with Crippen LogP contribution in [0.4, 0.5) is 23.0 Å². The maximum absolute atomic E-state index is 14.4. The van der Waals surface area contributed by atoms with Gasteiger partial charge in [-0.15, -0.1) is 0 Å². The summed E-state index contributed by atoms with van der Waals surface area (Å²) < 4.78 is 0. The first kappa shape index (κ1) is 37.1. The smallest absolute Gasteiger partial charge is 0.194 e. The van der Waals surface area contributed by atoms with Gasteiger partial charge in [-0.2, -0.15) is 10.5 Å². The molecule has 1 aliphatic carbocycles. The fourth-order valence-electron chi connectivity index (χ4n) is 7.92. The molecular formula is C47H45BN6O. The summed E-state index contributed by atoms with van der Waals surface area (Å²) in [5, 5.41) is 20.3. The summed E-state index contributed by atoms with van der Waals surface area (Å²) in [7, 11) is 1.93. The van der Waals surface area contributed by atoms with Gasteiger partial charge in [-0.05, 0) is 75.8 Å². The molecular weight excluding hydrogens is 675 g/mol. The second kappa shape index (κ2) is 14.5. The van der Waals surface area contributed by atoms with Gasteiger partial charge in [-0.1, -0.05) is 128 Å². The molecule has 0 fully saturated rings. The lowest BCUT2D eigenvalue weighted by atomic mass is 9.91. The molecule has 55 heavy (non-hydrogen) atoms. The first-order valence-electron chi connectivity index (χ1n) is 19.1. The van der Waals surface area contributed by atoms with Crippen LogP contribution in [0.15, 0.2) is 108 Å². The van der Waals surface area contributed by atoms with Crippen LogP contribution in [0.1, 0.15) is 117 Å². The Hall–Kier alpha value is -6.25. The minimum absolute atomic E-state index is 0.0990. The maximum Gasteiger partial charge on any atom is 0.194 e. The van der Waals surface area contributed by atoms with Crippen LogP contribution in [0.3, 0.4) is 0 Å². The molecule has 5 aromatic rings. The van der Waals surface area contributed by atoms with Crippen LogP contribution in [0, 0.1) is 22.7 Å². The number of hydrogen-bond acceptors (Lipinski definition) is 7. The minimum Gasteiger partial charge on any atom is -0.289 e. The van der Waals surface area contributed by atoms with E-state index in [1.165, 1.54) is 0 Å². The van der Waals surface area contributed by atoms with E-state index in [9.17, 15) is 15.3 Å². The molecule has 0 N–H and O–H groups in total. The van der Waals surface area contributed by atoms with Crippen molar-refractivity contribution in [3.8, 4) is 12.1 Å². The number of nitrogens with zero attached hydrogens (tertiary/aromatic N) is 6. The van der Waals surface area contributed by atoms with Gasteiger partial charge < -0.3 is 0 Å². The van der Waals surface area contributed by atoms with Gasteiger partial charge in [0.15, 0.2) is 17.4 Å². The number of rotatable bonds is 7. The van der Waals surface area contributed by atoms with Crippen molar-refractivity contribution in [1.82, 2.24) is 9.97 Å². The first-order chi connectivity index (χ1) is 26.4. The van der Waals surface area contributed by atoms with Crippen molar-refractivity contribution in [2.45, 2.75) is 79.1 Å². The molecule has 2 aliphatic rings. The average molecular weight is 721 g/mol. The second-order valence-corrected chi connectivity index (χ2v) is 15.7. The van der Waals surface area contributed by atoms with Crippen LogP contribution >= 0.6 is 0 Å². The lowest BCUT2D eigenvalue weighted by Gasteiger charge is -2.32. The highest BCUT2D eigenvalue weighted by molar-refractivity contribution is 6.35. The van der Waals surface area contributed by atoms with E-state index in [1.54, 1.807) is 6.08 Å². The Morgan fingerprint density at radius 2 is 1.09 bits per heavy atom. The van der Waals surface area contributed by atoms with Crippen molar-refractivity contribution < 1.29 is 4.79 Å². The Morgan fingerprint density at radius 1 is 0.636 bits per heavy atom. The first-order valence-corrected chi connectivity index (χ1v) is 19.1. The fourth-order valence-corrected chi connectivity index (χ4v) is 7.92. The highest BCUT2D eigenvalue weighted by Crippen LogP contribution is 2.54. The third-order valence-electron chi connectivity index (χ3n) is 10.6. The van der Waals surface area contributed by atoms with Crippen molar-refractivity contribution in [3.63, 3.8) is 0 Å². The van der Waals surface area contributed by atoms with Gasteiger partial charge in [-0.25, -0.2) is 9.97 Å². The van der Waals surface area contributed by atoms with Gasteiger partial charge in [0, 0.05) is 16.7 Å². The summed E-state index contributed by atoms with van der Waals surface area (Å²) in [5.74, 6) is 2.59. The summed E-state index contributed by atoms with van der Waals surface area (Å²) in [6.45, 7) is 17.7. The third kappa shape index (κ3) is 6.22. The van der Waals surface area contributed by atoms with Crippen molar-refractivity contribution in [2.75, 3.05) is 9.80 Å². The number of nitriles is 2. The number of aromatic nitrogens is 2. The number of carbonyl (C=O) groups is 1. The molecule has 0 atom stereocenters. The molecule has 0 amide bonds. The number of carbonyl (C=O) groups excluding carboxylic acids is 1. The monoisotopic (exact) mass is 720 g/mol. The molecule has 0 saturated carbocycles. The molecule has 0 saturated heterocycles. The minimum atomic E-state index is -0.222. The molecule has 0 radical (unpaired) electrons. The van der Waals surface area contributed by atoms with E-state index in [2.05, 4.69) is 114 Å². The van der Waals surface area contributed by atoms with Crippen molar-refractivity contribution in [1.29, 1.82) is 10.5 Å². The molecule has 0 bridgehead atoms.